The molecule has 0 bridgehead atoms. The first kappa shape index (κ1) is 19.8. The fourth-order valence-electron chi connectivity index (χ4n) is 3.89. The van der Waals surface area contributed by atoms with Crippen LogP contribution < -0.4 is 10.6 Å². The SMILES string of the molecule is O=C(NCc1ccc(F)cc1)N1CCC(n2cc(CN3CCNCC3)nn2)CC1. The zero-order valence-electron chi connectivity index (χ0n) is 16.6. The number of aromatic nitrogens is 3. The number of hydrogen-bond acceptors (Lipinski definition) is 5. The first-order valence-electron chi connectivity index (χ1n) is 10.3. The van der Waals surface area contributed by atoms with E-state index in [1.165, 1.54) is 12.1 Å². The van der Waals surface area contributed by atoms with E-state index in [1.807, 2.05) is 9.58 Å². The lowest BCUT2D eigenvalue weighted by molar-refractivity contribution is 0.167. The van der Waals surface area contributed by atoms with E-state index in [0.717, 1.165) is 56.8 Å². The molecule has 8 nitrogen and oxygen atoms in total. The van der Waals surface area contributed by atoms with E-state index in [4.69, 9.17) is 0 Å². The Morgan fingerprint density at radius 3 is 2.59 bits per heavy atom. The van der Waals surface area contributed by atoms with Crippen molar-refractivity contribution in [2.75, 3.05) is 39.3 Å². The molecule has 0 aliphatic carbocycles. The number of piperazine rings is 1. The number of benzene rings is 1. The van der Waals surface area contributed by atoms with Gasteiger partial charge in [-0.3, -0.25) is 4.90 Å². The molecule has 2 amide bonds. The highest BCUT2D eigenvalue weighted by Crippen LogP contribution is 2.22. The lowest BCUT2D eigenvalue weighted by atomic mass is 10.1. The molecule has 3 heterocycles. The van der Waals surface area contributed by atoms with E-state index in [2.05, 4.69) is 32.0 Å². The van der Waals surface area contributed by atoms with Crippen molar-refractivity contribution in [3.05, 3.63) is 47.5 Å². The van der Waals surface area contributed by atoms with Gasteiger partial charge in [-0.15, -0.1) is 5.10 Å². The maximum Gasteiger partial charge on any atom is 0.317 e. The van der Waals surface area contributed by atoms with Crippen molar-refractivity contribution in [2.45, 2.75) is 32.0 Å². The van der Waals surface area contributed by atoms with Gasteiger partial charge in [0, 0.05) is 52.4 Å². The van der Waals surface area contributed by atoms with Gasteiger partial charge in [0.25, 0.3) is 0 Å². The van der Waals surface area contributed by atoms with E-state index in [0.29, 0.717) is 19.6 Å². The second-order valence-electron chi connectivity index (χ2n) is 7.72. The molecule has 2 N–H and O–H groups in total. The summed E-state index contributed by atoms with van der Waals surface area (Å²) in [6.45, 7) is 6.74. The van der Waals surface area contributed by atoms with Crippen LogP contribution in [-0.2, 0) is 13.1 Å². The molecule has 4 rings (SSSR count). The Kier molecular flexibility index (Phi) is 6.36. The van der Waals surface area contributed by atoms with Crippen LogP contribution in [0, 0.1) is 5.82 Å². The van der Waals surface area contributed by atoms with Crippen LogP contribution in [0.25, 0.3) is 0 Å². The van der Waals surface area contributed by atoms with Crippen LogP contribution in [0.2, 0.25) is 0 Å². The second-order valence-corrected chi connectivity index (χ2v) is 7.72. The highest BCUT2D eigenvalue weighted by Gasteiger charge is 2.25. The van der Waals surface area contributed by atoms with Crippen molar-refractivity contribution in [1.29, 1.82) is 0 Å². The average Bonchev–Trinajstić information content (AvgIpc) is 3.22. The zero-order valence-corrected chi connectivity index (χ0v) is 16.6. The number of hydrogen-bond donors (Lipinski definition) is 2. The minimum atomic E-state index is -0.272. The van der Waals surface area contributed by atoms with Crippen molar-refractivity contribution in [3.63, 3.8) is 0 Å². The van der Waals surface area contributed by atoms with Gasteiger partial charge in [0.05, 0.1) is 17.9 Å². The number of piperidine rings is 1. The van der Waals surface area contributed by atoms with E-state index in [9.17, 15) is 9.18 Å². The van der Waals surface area contributed by atoms with Gasteiger partial charge >= 0.3 is 6.03 Å². The summed E-state index contributed by atoms with van der Waals surface area (Å²) in [4.78, 5) is 16.6. The number of rotatable bonds is 5. The third-order valence-corrected chi connectivity index (χ3v) is 5.64. The van der Waals surface area contributed by atoms with Gasteiger partial charge in [0.2, 0.25) is 0 Å². The molecule has 0 unspecified atom stereocenters. The Bertz CT molecular complexity index is 795. The van der Waals surface area contributed by atoms with E-state index in [-0.39, 0.29) is 17.9 Å². The summed E-state index contributed by atoms with van der Waals surface area (Å²) in [5, 5.41) is 14.9. The lowest BCUT2D eigenvalue weighted by Gasteiger charge is -2.31. The van der Waals surface area contributed by atoms with Gasteiger partial charge in [-0.1, -0.05) is 17.3 Å². The van der Waals surface area contributed by atoms with Crippen LogP contribution in [-0.4, -0.2) is 70.1 Å². The van der Waals surface area contributed by atoms with Gasteiger partial charge in [0.1, 0.15) is 5.82 Å². The number of nitrogens with zero attached hydrogens (tertiary/aromatic N) is 5. The number of nitrogens with one attached hydrogen (secondary N) is 2. The van der Waals surface area contributed by atoms with Crippen LogP contribution in [0.15, 0.2) is 30.5 Å². The van der Waals surface area contributed by atoms with Crippen LogP contribution >= 0.6 is 0 Å². The molecule has 1 aromatic carbocycles. The zero-order chi connectivity index (χ0) is 20.1. The maximum absolute atomic E-state index is 13.0. The summed E-state index contributed by atoms with van der Waals surface area (Å²) in [6, 6.07) is 6.38. The van der Waals surface area contributed by atoms with E-state index >= 15 is 0 Å². The fourth-order valence-corrected chi connectivity index (χ4v) is 3.89. The molecule has 29 heavy (non-hydrogen) atoms. The molecule has 1 aromatic heterocycles. The molecule has 2 saturated heterocycles. The van der Waals surface area contributed by atoms with Crippen LogP contribution in [0.1, 0.15) is 30.1 Å². The van der Waals surface area contributed by atoms with Gasteiger partial charge in [0.15, 0.2) is 0 Å². The minimum Gasteiger partial charge on any atom is -0.334 e. The topological polar surface area (TPSA) is 78.3 Å². The summed E-state index contributed by atoms with van der Waals surface area (Å²) >= 11 is 0. The Hall–Kier alpha value is -2.52. The monoisotopic (exact) mass is 401 g/mol. The molecule has 0 spiro atoms. The van der Waals surface area contributed by atoms with Crippen molar-refractivity contribution < 1.29 is 9.18 Å². The normalized spacial score (nSPS) is 18.7. The Labute approximate surface area is 170 Å². The number of likely N-dealkylation sites (tertiary alicyclic amines) is 1. The molecule has 9 heteroatoms. The van der Waals surface area contributed by atoms with Crippen LogP contribution in [0.5, 0.6) is 0 Å². The van der Waals surface area contributed by atoms with Crippen LogP contribution in [0.4, 0.5) is 9.18 Å². The Morgan fingerprint density at radius 2 is 1.86 bits per heavy atom. The van der Waals surface area contributed by atoms with Gasteiger partial charge < -0.3 is 15.5 Å². The Balaban J connectivity index is 1.22. The third-order valence-electron chi connectivity index (χ3n) is 5.64. The van der Waals surface area contributed by atoms with Crippen molar-refractivity contribution in [1.82, 2.24) is 35.4 Å². The van der Waals surface area contributed by atoms with Crippen molar-refractivity contribution in [2.24, 2.45) is 0 Å². The quantitative estimate of drug-likeness (QED) is 0.791. The highest BCUT2D eigenvalue weighted by molar-refractivity contribution is 5.74. The maximum atomic E-state index is 13.0. The third kappa shape index (κ3) is 5.30. The van der Waals surface area contributed by atoms with E-state index < -0.39 is 0 Å². The van der Waals surface area contributed by atoms with Gasteiger partial charge in [-0.05, 0) is 30.5 Å². The lowest BCUT2D eigenvalue weighted by Crippen LogP contribution is -2.44. The largest absolute Gasteiger partial charge is 0.334 e. The molecule has 2 fully saturated rings. The molecule has 2 aliphatic heterocycles. The summed E-state index contributed by atoms with van der Waals surface area (Å²) < 4.78 is 14.9. The molecular formula is C20H28FN7O. The van der Waals surface area contributed by atoms with Crippen molar-refractivity contribution in [3.8, 4) is 0 Å². The fraction of sp³-hybridized carbons (Fsp3) is 0.550. The van der Waals surface area contributed by atoms with Gasteiger partial charge in [-0.2, -0.15) is 0 Å². The summed E-state index contributed by atoms with van der Waals surface area (Å²) in [5.74, 6) is -0.272. The molecular weight excluding hydrogens is 373 g/mol. The summed E-state index contributed by atoms with van der Waals surface area (Å²) in [6.07, 6.45) is 3.78. The molecule has 0 saturated carbocycles. The first-order valence-corrected chi connectivity index (χ1v) is 10.3. The predicted octanol–water partition coefficient (Wildman–Crippen LogP) is 1.37. The van der Waals surface area contributed by atoms with E-state index in [1.54, 1.807) is 12.1 Å². The molecule has 0 radical (unpaired) electrons. The molecule has 156 valence electrons. The second kappa shape index (κ2) is 9.32. The first-order chi connectivity index (χ1) is 14.2. The number of urea groups is 1. The molecule has 0 atom stereocenters. The number of carbonyl (C=O) groups excluding carboxylic acids is 1. The van der Waals surface area contributed by atoms with Crippen molar-refractivity contribution >= 4 is 6.03 Å². The van der Waals surface area contributed by atoms with Crippen LogP contribution in [0.3, 0.4) is 0 Å². The highest BCUT2D eigenvalue weighted by atomic mass is 19.1. The number of carbonyl (C=O) groups is 1. The summed E-state index contributed by atoms with van der Waals surface area (Å²) in [7, 11) is 0. The standard InChI is InChI=1S/C20H28FN7O/c21-17-3-1-16(2-4-17)13-23-20(29)27-9-5-19(6-10-27)28-15-18(24-25-28)14-26-11-7-22-8-12-26/h1-4,15,19,22H,5-14H2,(H,23,29). The van der Waals surface area contributed by atoms with Gasteiger partial charge in [-0.25, -0.2) is 13.9 Å². The summed E-state index contributed by atoms with van der Waals surface area (Å²) in [5.41, 5.74) is 1.89. The smallest absolute Gasteiger partial charge is 0.317 e. The number of halogens is 1. The Morgan fingerprint density at radius 1 is 1.14 bits per heavy atom. The minimum absolute atomic E-state index is 0.0780. The average molecular weight is 401 g/mol. The molecule has 2 aromatic rings. The number of amides is 2. The predicted molar refractivity (Wildman–Crippen MR) is 107 cm³/mol. The molecule has 2 aliphatic rings.